The van der Waals surface area contributed by atoms with Crippen LogP contribution in [-0.2, 0) is 23.4 Å². The van der Waals surface area contributed by atoms with Crippen molar-refractivity contribution in [3.05, 3.63) is 0 Å². The van der Waals surface area contributed by atoms with Gasteiger partial charge in [-0.1, -0.05) is 58.3 Å². The summed E-state index contributed by atoms with van der Waals surface area (Å²) in [5.74, 6) is -1.48. The van der Waals surface area contributed by atoms with E-state index in [1.807, 2.05) is 5.32 Å². The number of amides is 1. The molecular formula is C20H38NO11P. The molecule has 1 fully saturated rings. The first kappa shape index (κ1) is 30.1. The van der Waals surface area contributed by atoms with Gasteiger partial charge in [0.25, 0.3) is 0 Å². The molecule has 0 aromatic carbocycles. The number of hydrogen-bond donors (Lipinski definition) is 7. The van der Waals surface area contributed by atoms with Gasteiger partial charge in [0.2, 0.25) is 17.9 Å². The van der Waals surface area contributed by atoms with Crippen LogP contribution < -0.4 is 5.32 Å². The van der Waals surface area contributed by atoms with E-state index in [2.05, 4.69) is 11.4 Å². The Kier molecular flexibility index (Phi) is 13.2. The number of unbranched alkanes of at least 4 members (excludes halogenated alkanes) is 8. The topological polar surface area (TPSA) is 203 Å². The number of ketones is 1. The maximum atomic E-state index is 12.3. The molecule has 1 aliphatic heterocycles. The molecule has 1 heterocycles. The molecular weight excluding hydrogens is 461 g/mol. The molecule has 0 aliphatic carbocycles. The summed E-state index contributed by atoms with van der Waals surface area (Å²) in [6.45, 7) is 1.29. The van der Waals surface area contributed by atoms with Crippen LogP contribution in [0, 0.1) is 0 Å². The lowest BCUT2D eigenvalue weighted by atomic mass is 9.93. The fraction of sp³-hybridized carbons (Fsp3) is 0.900. The SMILES string of the molecule is CCCCCCCCCCCC(=O)CC(=O)N[C@]1(O)[C@@H](OP(=O)(O)O)O[C@H](CO)[C@@H](O)[C@@H]1O. The van der Waals surface area contributed by atoms with Crippen molar-refractivity contribution < 1.29 is 53.6 Å². The number of hydrogen-bond acceptors (Lipinski definition) is 9. The Balaban J connectivity index is 2.53. The molecule has 7 N–H and O–H groups in total. The van der Waals surface area contributed by atoms with Gasteiger partial charge in [-0.05, 0) is 6.42 Å². The van der Waals surface area contributed by atoms with Crippen LogP contribution >= 0.6 is 7.82 Å². The molecule has 1 aliphatic rings. The molecule has 5 atom stereocenters. The summed E-state index contributed by atoms with van der Waals surface area (Å²) in [7, 11) is -5.28. The minimum atomic E-state index is -5.28. The fourth-order valence-corrected chi connectivity index (χ4v) is 4.09. The first-order chi connectivity index (χ1) is 15.4. The van der Waals surface area contributed by atoms with Crippen molar-refractivity contribution >= 4 is 19.5 Å². The molecule has 0 aromatic rings. The molecule has 33 heavy (non-hydrogen) atoms. The van der Waals surface area contributed by atoms with Gasteiger partial charge in [0.1, 0.15) is 24.1 Å². The molecule has 0 saturated carbocycles. The second-order valence-corrected chi connectivity index (χ2v) is 9.58. The third-order valence-corrected chi connectivity index (χ3v) is 5.95. The van der Waals surface area contributed by atoms with Crippen molar-refractivity contribution in [1.29, 1.82) is 0 Å². The Hall–Kier alpha value is -0.950. The van der Waals surface area contributed by atoms with Gasteiger partial charge in [-0.15, -0.1) is 0 Å². The van der Waals surface area contributed by atoms with Crippen LogP contribution in [0.25, 0.3) is 0 Å². The van der Waals surface area contributed by atoms with Crippen molar-refractivity contribution in [2.75, 3.05) is 6.61 Å². The van der Waals surface area contributed by atoms with E-state index in [0.29, 0.717) is 6.42 Å². The van der Waals surface area contributed by atoms with Crippen LogP contribution in [0.4, 0.5) is 0 Å². The zero-order valence-electron chi connectivity index (χ0n) is 19.0. The minimum Gasteiger partial charge on any atom is -0.394 e. The Bertz CT molecular complexity index is 658. The number of Topliss-reactive ketones (excluding diaryl/α,β-unsaturated/α-hetero) is 1. The largest absolute Gasteiger partial charge is 0.472 e. The summed E-state index contributed by atoms with van der Waals surface area (Å²) in [6, 6.07) is 0. The normalized spacial score (nSPS) is 28.0. The second-order valence-electron chi connectivity index (χ2n) is 8.39. The average Bonchev–Trinajstić information content (AvgIpc) is 2.72. The lowest BCUT2D eigenvalue weighted by molar-refractivity contribution is -0.330. The van der Waals surface area contributed by atoms with Crippen molar-refractivity contribution in [1.82, 2.24) is 5.32 Å². The highest BCUT2D eigenvalue weighted by Crippen LogP contribution is 2.42. The number of aliphatic hydroxyl groups is 4. The Morgan fingerprint density at radius 2 is 1.58 bits per heavy atom. The second kappa shape index (κ2) is 14.4. The summed E-state index contributed by atoms with van der Waals surface area (Å²) >= 11 is 0. The number of rotatable bonds is 16. The molecule has 0 radical (unpaired) electrons. The van der Waals surface area contributed by atoms with E-state index in [-0.39, 0.29) is 6.42 Å². The molecule has 13 heteroatoms. The summed E-state index contributed by atoms with van der Waals surface area (Å²) < 4.78 is 20.4. The molecule has 1 saturated heterocycles. The zero-order chi connectivity index (χ0) is 25.1. The number of phosphoric acid groups is 1. The van der Waals surface area contributed by atoms with Gasteiger partial charge < -0.3 is 40.3 Å². The van der Waals surface area contributed by atoms with Gasteiger partial charge >= 0.3 is 7.82 Å². The highest BCUT2D eigenvalue weighted by Gasteiger charge is 2.58. The predicted octanol–water partition coefficient (Wildman–Crippen LogP) is 0.220. The van der Waals surface area contributed by atoms with Crippen LogP contribution in [0.2, 0.25) is 0 Å². The molecule has 0 aromatic heterocycles. The summed E-state index contributed by atoms with van der Waals surface area (Å²) in [5.41, 5.74) is -2.98. The summed E-state index contributed by atoms with van der Waals surface area (Å²) in [6.07, 6.45) is 0.956. The predicted molar refractivity (Wildman–Crippen MR) is 115 cm³/mol. The number of phosphoric ester groups is 1. The van der Waals surface area contributed by atoms with E-state index in [1.165, 1.54) is 25.7 Å². The smallest absolute Gasteiger partial charge is 0.394 e. The van der Waals surface area contributed by atoms with Gasteiger partial charge in [-0.3, -0.25) is 14.1 Å². The van der Waals surface area contributed by atoms with E-state index in [0.717, 1.165) is 25.7 Å². The quantitative estimate of drug-likeness (QED) is 0.0662. The maximum Gasteiger partial charge on any atom is 0.472 e. The molecule has 1 rings (SSSR count). The summed E-state index contributed by atoms with van der Waals surface area (Å²) in [5, 5.41) is 41.9. The lowest BCUT2D eigenvalue weighted by Crippen LogP contribution is -2.73. The minimum absolute atomic E-state index is 0.137. The number of carbonyl (C=O) groups excluding carboxylic acids is 2. The van der Waals surface area contributed by atoms with Gasteiger partial charge in [0, 0.05) is 6.42 Å². The lowest BCUT2D eigenvalue weighted by Gasteiger charge is -2.47. The van der Waals surface area contributed by atoms with Gasteiger partial charge in [-0.2, -0.15) is 0 Å². The van der Waals surface area contributed by atoms with Gasteiger partial charge in [0.15, 0.2) is 0 Å². The van der Waals surface area contributed by atoms with Gasteiger partial charge in [0.05, 0.1) is 13.0 Å². The van der Waals surface area contributed by atoms with E-state index < -0.39 is 62.9 Å². The van der Waals surface area contributed by atoms with Crippen molar-refractivity contribution in [2.45, 2.75) is 108 Å². The van der Waals surface area contributed by atoms with E-state index in [1.54, 1.807) is 0 Å². The highest BCUT2D eigenvalue weighted by atomic mass is 31.2. The van der Waals surface area contributed by atoms with Crippen LogP contribution in [0.5, 0.6) is 0 Å². The number of nitrogens with one attached hydrogen (secondary N) is 1. The van der Waals surface area contributed by atoms with Crippen molar-refractivity contribution in [3.63, 3.8) is 0 Å². The third-order valence-electron chi connectivity index (χ3n) is 5.48. The molecule has 0 spiro atoms. The maximum absolute atomic E-state index is 12.3. The Morgan fingerprint density at radius 3 is 2.09 bits per heavy atom. The number of carbonyl (C=O) groups is 2. The average molecular weight is 499 g/mol. The molecule has 0 bridgehead atoms. The monoisotopic (exact) mass is 499 g/mol. The Labute approximate surface area is 193 Å². The van der Waals surface area contributed by atoms with E-state index in [4.69, 9.17) is 14.5 Å². The fourth-order valence-electron chi connectivity index (χ4n) is 3.63. The number of ether oxygens (including phenoxy) is 1. The molecule has 1 amide bonds. The van der Waals surface area contributed by atoms with Crippen LogP contribution in [0.1, 0.15) is 77.6 Å². The van der Waals surface area contributed by atoms with Crippen molar-refractivity contribution in [2.24, 2.45) is 0 Å². The molecule has 12 nitrogen and oxygen atoms in total. The zero-order valence-corrected chi connectivity index (χ0v) is 19.9. The van der Waals surface area contributed by atoms with Crippen LogP contribution in [0.3, 0.4) is 0 Å². The Morgan fingerprint density at radius 1 is 1.03 bits per heavy atom. The third kappa shape index (κ3) is 10.5. The van der Waals surface area contributed by atoms with Crippen LogP contribution in [0.15, 0.2) is 0 Å². The number of aliphatic hydroxyl groups excluding tert-OH is 3. The first-order valence-corrected chi connectivity index (χ1v) is 12.9. The van der Waals surface area contributed by atoms with E-state index >= 15 is 0 Å². The summed E-state index contributed by atoms with van der Waals surface area (Å²) in [4.78, 5) is 42.4. The standard InChI is InChI=1S/C20H38NO11P/c1-2-3-4-5-6-7-8-9-10-11-14(23)12-16(24)21-20(27)18(26)17(25)15(13-22)31-19(20)32-33(28,29)30/h15,17-19,22,25-27H,2-13H2,1H3,(H,21,24)(H2,28,29,30)/t15-,17-,18+,19-,20-/m1/s1. The molecule has 0 unspecified atom stereocenters. The van der Waals surface area contributed by atoms with Crippen molar-refractivity contribution in [3.8, 4) is 0 Å². The highest BCUT2D eigenvalue weighted by molar-refractivity contribution is 7.46. The van der Waals surface area contributed by atoms with Gasteiger partial charge in [-0.25, -0.2) is 4.57 Å². The van der Waals surface area contributed by atoms with Crippen LogP contribution in [-0.4, -0.2) is 78.8 Å². The van der Waals surface area contributed by atoms with E-state index in [9.17, 15) is 34.6 Å². The first-order valence-electron chi connectivity index (χ1n) is 11.4. The molecule has 194 valence electrons.